The topological polar surface area (TPSA) is 15.3 Å². The van der Waals surface area contributed by atoms with E-state index in [9.17, 15) is 4.39 Å². The number of rotatable bonds is 4. The Kier molecular flexibility index (Phi) is 4.59. The Bertz CT molecular complexity index is 381. The number of hydrogen-bond donors (Lipinski definition) is 1. The van der Waals surface area contributed by atoms with Crippen LogP contribution in [0.5, 0.6) is 0 Å². The van der Waals surface area contributed by atoms with Crippen LogP contribution in [0.25, 0.3) is 0 Å². The molecule has 0 radical (unpaired) electrons. The zero-order chi connectivity index (χ0) is 13.0. The number of nitrogens with zero attached hydrogens (tertiary/aromatic N) is 1. The minimum atomic E-state index is -0.147. The van der Waals surface area contributed by atoms with Gasteiger partial charge in [0, 0.05) is 24.3 Å². The fraction of sp³-hybridized carbons (Fsp3) is 0.600. The molecule has 1 heterocycles. The zero-order valence-corrected chi connectivity index (χ0v) is 11.3. The molecule has 100 valence electrons. The van der Waals surface area contributed by atoms with Crippen LogP contribution in [0.2, 0.25) is 0 Å². The second-order valence-electron chi connectivity index (χ2n) is 5.20. The second kappa shape index (κ2) is 6.19. The van der Waals surface area contributed by atoms with E-state index in [0.717, 1.165) is 31.6 Å². The van der Waals surface area contributed by atoms with Crippen molar-refractivity contribution in [3.63, 3.8) is 0 Å². The van der Waals surface area contributed by atoms with Crippen LogP contribution in [0.3, 0.4) is 0 Å². The molecule has 1 saturated heterocycles. The Morgan fingerprint density at radius 1 is 1.44 bits per heavy atom. The third-order valence-corrected chi connectivity index (χ3v) is 3.70. The van der Waals surface area contributed by atoms with Gasteiger partial charge in [-0.3, -0.25) is 0 Å². The van der Waals surface area contributed by atoms with Crippen molar-refractivity contribution in [3.8, 4) is 0 Å². The summed E-state index contributed by atoms with van der Waals surface area (Å²) in [6, 6.07) is 8.01. The van der Waals surface area contributed by atoms with Crippen LogP contribution in [0.1, 0.15) is 33.1 Å². The summed E-state index contributed by atoms with van der Waals surface area (Å²) >= 11 is 0. The minimum Gasteiger partial charge on any atom is -0.369 e. The number of piperidine rings is 1. The van der Waals surface area contributed by atoms with Gasteiger partial charge in [0.05, 0.1) is 0 Å². The predicted molar refractivity (Wildman–Crippen MR) is 74.5 cm³/mol. The molecule has 0 bridgehead atoms. The fourth-order valence-electron chi connectivity index (χ4n) is 2.74. The van der Waals surface area contributed by atoms with Crippen molar-refractivity contribution in [1.82, 2.24) is 5.32 Å². The molecule has 2 atom stereocenters. The number of hydrogen-bond acceptors (Lipinski definition) is 2. The van der Waals surface area contributed by atoms with Crippen LogP contribution in [0.15, 0.2) is 24.3 Å². The monoisotopic (exact) mass is 250 g/mol. The van der Waals surface area contributed by atoms with E-state index in [0.29, 0.717) is 12.1 Å². The van der Waals surface area contributed by atoms with Gasteiger partial charge in [0.15, 0.2) is 0 Å². The molecule has 3 heteroatoms. The largest absolute Gasteiger partial charge is 0.369 e. The summed E-state index contributed by atoms with van der Waals surface area (Å²) in [5.41, 5.74) is 1.01. The molecule has 0 spiro atoms. The molecule has 18 heavy (non-hydrogen) atoms. The van der Waals surface area contributed by atoms with E-state index >= 15 is 0 Å². The van der Waals surface area contributed by atoms with Crippen LogP contribution in [0.4, 0.5) is 10.1 Å². The van der Waals surface area contributed by atoms with Crippen molar-refractivity contribution in [2.45, 2.75) is 45.2 Å². The van der Waals surface area contributed by atoms with E-state index in [1.54, 1.807) is 12.1 Å². The summed E-state index contributed by atoms with van der Waals surface area (Å²) in [6.45, 7) is 6.52. The SMILES string of the molecule is CCCNC1CCN(c2cccc(F)c2)C(C)C1. The number of benzene rings is 1. The molecular formula is C15H23FN2. The van der Waals surface area contributed by atoms with Crippen LogP contribution in [0, 0.1) is 5.82 Å². The average molecular weight is 250 g/mol. The van der Waals surface area contributed by atoms with Crippen molar-refractivity contribution >= 4 is 5.69 Å². The summed E-state index contributed by atoms with van der Waals surface area (Å²) in [6.07, 6.45) is 3.45. The summed E-state index contributed by atoms with van der Waals surface area (Å²) in [5.74, 6) is -0.147. The Morgan fingerprint density at radius 3 is 2.94 bits per heavy atom. The Hall–Kier alpha value is -1.09. The smallest absolute Gasteiger partial charge is 0.125 e. The molecule has 1 N–H and O–H groups in total. The van der Waals surface area contributed by atoms with E-state index in [4.69, 9.17) is 0 Å². The Labute approximate surface area is 109 Å². The standard InChI is InChI=1S/C15H23FN2/c1-3-8-17-14-7-9-18(12(2)10-14)15-6-4-5-13(16)11-15/h4-6,11-12,14,17H,3,7-10H2,1-2H3. The summed E-state index contributed by atoms with van der Waals surface area (Å²) in [5, 5.41) is 3.58. The van der Waals surface area contributed by atoms with Gasteiger partial charge in [-0.25, -0.2) is 4.39 Å². The average Bonchev–Trinajstić information content (AvgIpc) is 2.36. The van der Waals surface area contributed by atoms with Crippen molar-refractivity contribution in [3.05, 3.63) is 30.1 Å². The first-order valence-electron chi connectivity index (χ1n) is 6.96. The molecule has 0 aromatic heterocycles. The van der Waals surface area contributed by atoms with Gasteiger partial charge in [0.25, 0.3) is 0 Å². The van der Waals surface area contributed by atoms with Gasteiger partial charge in [-0.1, -0.05) is 13.0 Å². The van der Waals surface area contributed by atoms with Gasteiger partial charge >= 0.3 is 0 Å². The zero-order valence-electron chi connectivity index (χ0n) is 11.3. The summed E-state index contributed by atoms with van der Waals surface area (Å²) in [4.78, 5) is 2.31. The van der Waals surface area contributed by atoms with Crippen molar-refractivity contribution in [1.29, 1.82) is 0 Å². The quantitative estimate of drug-likeness (QED) is 0.883. The molecule has 0 amide bonds. The Morgan fingerprint density at radius 2 is 2.28 bits per heavy atom. The highest BCUT2D eigenvalue weighted by molar-refractivity contribution is 5.47. The lowest BCUT2D eigenvalue weighted by Crippen LogP contribution is -2.47. The van der Waals surface area contributed by atoms with Gasteiger partial charge < -0.3 is 10.2 Å². The maximum atomic E-state index is 13.3. The van der Waals surface area contributed by atoms with Crippen LogP contribution in [-0.4, -0.2) is 25.2 Å². The Balaban J connectivity index is 1.97. The fourth-order valence-corrected chi connectivity index (χ4v) is 2.74. The summed E-state index contributed by atoms with van der Waals surface area (Å²) < 4.78 is 13.3. The highest BCUT2D eigenvalue weighted by Crippen LogP contribution is 2.25. The van der Waals surface area contributed by atoms with Crippen LogP contribution in [-0.2, 0) is 0 Å². The van der Waals surface area contributed by atoms with Gasteiger partial charge in [0.1, 0.15) is 5.82 Å². The van der Waals surface area contributed by atoms with Crippen molar-refractivity contribution < 1.29 is 4.39 Å². The van der Waals surface area contributed by atoms with Gasteiger partial charge in [0.2, 0.25) is 0 Å². The third kappa shape index (κ3) is 3.22. The number of nitrogens with one attached hydrogen (secondary N) is 1. The normalized spacial score (nSPS) is 24.3. The second-order valence-corrected chi connectivity index (χ2v) is 5.20. The maximum absolute atomic E-state index is 13.3. The molecule has 2 unspecified atom stereocenters. The molecule has 2 rings (SSSR count). The molecule has 1 fully saturated rings. The molecule has 2 nitrogen and oxygen atoms in total. The van der Waals surface area contributed by atoms with Crippen LogP contribution >= 0.6 is 0 Å². The van der Waals surface area contributed by atoms with E-state index in [2.05, 4.69) is 24.1 Å². The maximum Gasteiger partial charge on any atom is 0.125 e. The van der Waals surface area contributed by atoms with E-state index in [1.165, 1.54) is 12.5 Å². The van der Waals surface area contributed by atoms with Gasteiger partial charge in [-0.05, 0) is 50.9 Å². The van der Waals surface area contributed by atoms with E-state index in [1.807, 2.05) is 6.07 Å². The van der Waals surface area contributed by atoms with Gasteiger partial charge in [-0.2, -0.15) is 0 Å². The molecule has 1 aliphatic heterocycles. The third-order valence-electron chi connectivity index (χ3n) is 3.70. The predicted octanol–water partition coefficient (Wildman–Crippen LogP) is 3.18. The molecule has 1 aliphatic rings. The van der Waals surface area contributed by atoms with E-state index in [-0.39, 0.29) is 5.82 Å². The van der Waals surface area contributed by atoms with Crippen LogP contribution < -0.4 is 10.2 Å². The lowest BCUT2D eigenvalue weighted by atomic mass is 9.97. The molecule has 1 aromatic carbocycles. The molecule has 0 aliphatic carbocycles. The first kappa shape index (κ1) is 13.3. The molecular weight excluding hydrogens is 227 g/mol. The van der Waals surface area contributed by atoms with Gasteiger partial charge in [-0.15, -0.1) is 0 Å². The highest BCUT2D eigenvalue weighted by Gasteiger charge is 2.25. The molecule has 1 aromatic rings. The number of halogens is 1. The minimum absolute atomic E-state index is 0.147. The number of anilines is 1. The highest BCUT2D eigenvalue weighted by atomic mass is 19.1. The first-order valence-corrected chi connectivity index (χ1v) is 6.96. The van der Waals surface area contributed by atoms with Crippen molar-refractivity contribution in [2.24, 2.45) is 0 Å². The van der Waals surface area contributed by atoms with E-state index < -0.39 is 0 Å². The lowest BCUT2D eigenvalue weighted by Gasteiger charge is -2.39. The van der Waals surface area contributed by atoms with Crippen molar-refractivity contribution in [2.75, 3.05) is 18.0 Å². The first-order chi connectivity index (χ1) is 8.70. The molecule has 0 saturated carbocycles. The lowest BCUT2D eigenvalue weighted by molar-refractivity contribution is 0.368. The summed E-state index contributed by atoms with van der Waals surface area (Å²) in [7, 11) is 0.